The van der Waals surface area contributed by atoms with Crippen molar-refractivity contribution in [2.24, 2.45) is 5.73 Å². The second-order valence-corrected chi connectivity index (χ2v) is 6.79. The molecule has 7 nitrogen and oxygen atoms in total. The summed E-state index contributed by atoms with van der Waals surface area (Å²) in [6, 6.07) is 17.0. The monoisotopic (exact) mass is 422 g/mol. The molecule has 8 heteroatoms. The van der Waals surface area contributed by atoms with Gasteiger partial charge in [0.1, 0.15) is 34.7 Å². The molecule has 0 bridgehead atoms. The van der Waals surface area contributed by atoms with Crippen LogP contribution in [0.5, 0.6) is 17.2 Å². The van der Waals surface area contributed by atoms with Gasteiger partial charge >= 0.3 is 5.97 Å². The van der Waals surface area contributed by atoms with Gasteiger partial charge in [0.25, 0.3) is 0 Å². The summed E-state index contributed by atoms with van der Waals surface area (Å²) in [5.74, 6) is 0.549. The van der Waals surface area contributed by atoms with E-state index in [1.807, 2.05) is 0 Å². The average Bonchev–Trinajstić information content (AvgIpc) is 3.26. The predicted molar refractivity (Wildman–Crippen MR) is 107 cm³/mol. The normalized spacial score (nSPS) is 15.0. The molecule has 1 aliphatic heterocycles. The summed E-state index contributed by atoms with van der Waals surface area (Å²) in [7, 11) is 0. The number of nitrogens with two attached hydrogens (primary N) is 1. The van der Waals surface area contributed by atoms with Crippen molar-refractivity contribution >= 4 is 17.6 Å². The number of carbonyl (C=O) groups excluding carboxylic acids is 1. The molecule has 0 fully saturated rings. The van der Waals surface area contributed by atoms with E-state index in [1.165, 1.54) is 12.3 Å². The first-order valence-corrected chi connectivity index (χ1v) is 9.27. The fourth-order valence-corrected chi connectivity index (χ4v) is 3.21. The predicted octanol–water partition coefficient (Wildman–Crippen LogP) is 4.14. The van der Waals surface area contributed by atoms with E-state index in [2.05, 4.69) is 6.07 Å². The lowest BCUT2D eigenvalue weighted by Gasteiger charge is -2.25. The van der Waals surface area contributed by atoms with Gasteiger partial charge in [-0.15, -0.1) is 0 Å². The van der Waals surface area contributed by atoms with Crippen molar-refractivity contribution in [3.63, 3.8) is 0 Å². The Morgan fingerprint density at radius 3 is 2.63 bits per heavy atom. The van der Waals surface area contributed by atoms with Crippen molar-refractivity contribution in [1.82, 2.24) is 0 Å². The maximum absolute atomic E-state index is 12.1. The molecular formula is C22H15ClN2O5. The Hall–Kier alpha value is -3.89. The zero-order chi connectivity index (χ0) is 21.1. The lowest BCUT2D eigenvalue weighted by molar-refractivity contribution is -0.136. The topological polar surface area (TPSA) is 108 Å². The van der Waals surface area contributed by atoms with E-state index in [0.29, 0.717) is 27.8 Å². The van der Waals surface area contributed by atoms with Crippen molar-refractivity contribution in [3.05, 3.63) is 88.7 Å². The van der Waals surface area contributed by atoms with Gasteiger partial charge in [-0.05, 0) is 42.5 Å². The summed E-state index contributed by atoms with van der Waals surface area (Å²) in [5.41, 5.74) is 6.85. The first kappa shape index (κ1) is 19.4. The summed E-state index contributed by atoms with van der Waals surface area (Å²) in [5, 5.41) is 10.1. The van der Waals surface area contributed by atoms with Crippen LogP contribution in [0.3, 0.4) is 0 Å². The van der Waals surface area contributed by atoms with E-state index in [4.69, 9.17) is 36.0 Å². The molecule has 3 aromatic rings. The minimum Gasteiger partial charge on any atom is -0.482 e. The smallest absolute Gasteiger partial charge is 0.349 e. The molecule has 1 unspecified atom stereocenters. The first-order valence-electron chi connectivity index (χ1n) is 8.89. The van der Waals surface area contributed by atoms with Crippen LogP contribution in [-0.4, -0.2) is 12.6 Å². The van der Waals surface area contributed by atoms with Crippen molar-refractivity contribution in [2.45, 2.75) is 5.92 Å². The van der Waals surface area contributed by atoms with E-state index in [9.17, 15) is 10.1 Å². The number of hydrogen-bond acceptors (Lipinski definition) is 7. The number of ether oxygens (including phenoxy) is 3. The fourth-order valence-electron chi connectivity index (χ4n) is 3.08. The van der Waals surface area contributed by atoms with Crippen molar-refractivity contribution in [3.8, 4) is 23.3 Å². The van der Waals surface area contributed by atoms with E-state index < -0.39 is 11.9 Å². The largest absolute Gasteiger partial charge is 0.482 e. The molecule has 0 saturated carbocycles. The summed E-state index contributed by atoms with van der Waals surface area (Å²) in [6.45, 7) is -0.283. The standard InChI is InChI=1S/C22H15ClN2O5/c23-13-3-5-14(6-4-13)28-12-20(26)29-15-7-8-16-19(10-15)30-22(25)17(11-24)21(16)18-2-1-9-27-18/h1-10,21H,12,25H2. The number of halogens is 1. The van der Waals surface area contributed by atoms with Crippen LogP contribution in [0.25, 0.3) is 0 Å². The van der Waals surface area contributed by atoms with Crippen LogP contribution in [0.2, 0.25) is 5.02 Å². The van der Waals surface area contributed by atoms with E-state index >= 15 is 0 Å². The average molecular weight is 423 g/mol. The van der Waals surface area contributed by atoms with Crippen LogP contribution < -0.4 is 19.9 Å². The highest BCUT2D eigenvalue weighted by Gasteiger charge is 2.32. The van der Waals surface area contributed by atoms with Gasteiger partial charge in [0.2, 0.25) is 5.88 Å². The van der Waals surface area contributed by atoms with Crippen LogP contribution in [-0.2, 0) is 4.79 Å². The minimum atomic E-state index is -0.593. The molecule has 4 rings (SSSR count). The Bertz CT molecular complexity index is 1150. The van der Waals surface area contributed by atoms with Crippen molar-refractivity contribution in [1.29, 1.82) is 5.26 Å². The van der Waals surface area contributed by atoms with Gasteiger partial charge in [-0.25, -0.2) is 4.79 Å². The van der Waals surface area contributed by atoms with Crippen LogP contribution in [0.1, 0.15) is 17.2 Å². The number of furan rings is 1. The maximum Gasteiger partial charge on any atom is 0.349 e. The van der Waals surface area contributed by atoms with Gasteiger partial charge in [-0.2, -0.15) is 5.26 Å². The Labute approximate surface area is 176 Å². The third kappa shape index (κ3) is 3.95. The molecule has 1 aliphatic rings. The highest BCUT2D eigenvalue weighted by atomic mass is 35.5. The fraction of sp³-hybridized carbons (Fsp3) is 0.0909. The Morgan fingerprint density at radius 1 is 1.17 bits per heavy atom. The summed E-state index contributed by atoms with van der Waals surface area (Å²) in [4.78, 5) is 12.1. The number of rotatable bonds is 5. The third-order valence-corrected chi connectivity index (χ3v) is 4.67. The molecule has 150 valence electrons. The lowest BCUT2D eigenvalue weighted by atomic mass is 9.87. The minimum absolute atomic E-state index is 0.0269. The Morgan fingerprint density at radius 2 is 1.93 bits per heavy atom. The number of allylic oxidation sites excluding steroid dienone is 1. The summed E-state index contributed by atoms with van der Waals surface area (Å²) in [6.07, 6.45) is 1.52. The number of carbonyl (C=O) groups is 1. The molecular weight excluding hydrogens is 408 g/mol. The second-order valence-electron chi connectivity index (χ2n) is 6.36. The van der Waals surface area contributed by atoms with Gasteiger partial charge in [0.15, 0.2) is 6.61 Å². The quantitative estimate of drug-likeness (QED) is 0.486. The SMILES string of the molecule is N#CC1=C(N)Oc2cc(OC(=O)COc3ccc(Cl)cc3)ccc2C1c1ccco1. The maximum atomic E-state index is 12.1. The number of nitriles is 1. The second kappa shape index (κ2) is 8.23. The van der Waals surface area contributed by atoms with E-state index in [-0.39, 0.29) is 23.8 Å². The van der Waals surface area contributed by atoms with Crippen LogP contribution in [0.15, 0.2) is 76.7 Å². The summed E-state index contributed by atoms with van der Waals surface area (Å²) >= 11 is 5.82. The van der Waals surface area contributed by atoms with E-state index in [0.717, 1.165) is 0 Å². The number of fused-ring (bicyclic) bond motifs is 1. The molecule has 0 radical (unpaired) electrons. The molecule has 0 amide bonds. The molecule has 2 N–H and O–H groups in total. The number of nitrogens with zero attached hydrogens (tertiary/aromatic N) is 1. The molecule has 1 aromatic heterocycles. The van der Waals surface area contributed by atoms with Crippen LogP contribution in [0, 0.1) is 11.3 Å². The molecule has 0 aliphatic carbocycles. The number of benzene rings is 2. The van der Waals surface area contributed by atoms with Gasteiger partial charge in [-0.3, -0.25) is 0 Å². The highest BCUT2D eigenvalue weighted by Crippen LogP contribution is 2.43. The Balaban J connectivity index is 1.51. The lowest BCUT2D eigenvalue weighted by Crippen LogP contribution is -2.21. The molecule has 1 atom stereocenters. The van der Waals surface area contributed by atoms with Gasteiger partial charge in [0.05, 0.1) is 12.2 Å². The first-order chi connectivity index (χ1) is 14.5. The summed E-state index contributed by atoms with van der Waals surface area (Å²) < 4.78 is 21.8. The number of esters is 1. The zero-order valence-corrected chi connectivity index (χ0v) is 16.3. The molecule has 0 spiro atoms. The zero-order valence-electron chi connectivity index (χ0n) is 15.5. The van der Waals surface area contributed by atoms with Gasteiger partial charge in [-0.1, -0.05) is 17.7 Å². The van der Waals surface area contributed by atoms with Gasteiger partial charge in [0, 0.05) is 16.7 Å². The van der Waals surface area contributed by atoms with Crippen molar-refractivity contribution in [2.75, 3.05) is 6.61 Å². The van der Waals surface area contributed by atoms with E-state index in [1.54, 1.807) is 48.5 Å². The molecule has 0 saturated heterocycles. The highest BCUT2D eigenvalue weighted by molar-refractivity contribution is 6.30. The molecule has 2 heterocycles. The van der Waals surface area contributed by atoms with Crippen molar-refractivity contribution < 1.29 is 23.4 Å². The van der Waals surface area contributed by atoms with Crippen LogP contribution in [0.4, 0.5) is 0 Å². The third-order valence-electron chi connectivity index (χ3n) is 4.42. The van der Waals surface area contributed by atoms with Gasteiger partial charge < -0.3 is 24.4 Å². The number of hydrogen-bond donors (Lipinski definition) is 1. The van der Waals surface area contributed by atoms with Crippen LogP contribution >= 0.6 is 11.6 Å². The Kier molecular flexibility index (Phi) is 5.33. The molecule has 30 heavy (non-hydrogen) atoms. The molecule has 2 aromatic carbocycles.